The maximum atomic E-state index is 12.3. The third kappa shape index (κ3) is 2.69. The summed E-state index contributed by atoms with van der Waals surface area (Å²) in [6.07, 6.45) is 2.82. The van der Waals surface area contributed by atoms with Gasteiger partial charge in [0.2, 0.25) is 0 Å². The van der Waals surface area contributed by atoms with Crippen molar-refractivity contribution in [1.82, 2.24) is 4.57 Å². The molecule has 5 heteroatoms. The molecule has 1 aliphatic rings. The third-order valence-electron chi connectivity index (χ3n) is 4.84. The Labute approximate surface area is 127 Å². The molecule has 0 saturated carbocycles. The topological polar surface area (TPSA) is 40.5 Å². The average molecular weight is 291 g/mol. The summed E-state index contributed by atoms with van der Waals surface area (Å²) in [4.78, 5) is 12.3. The Morgan fingerprint density at radius 2 is 1.62 bits per heavy atom. The van der Waals surface area contributed by atoms with Crippen LogP contribution < -0.4 is 11.0 Å². The molecule has 2 rings (SSSR count). The van der Waals surface area contributed by atoms with Gasteiger partial charge in [0, 0.05) is 23.8 Å². The predicted molar refractivity (Wildman–Crippen MR) is 86.2 cm³/mol. The average Bonchev–Trinajstić information content (AvgIpc) is 2.59. The molecule has 2 heterocycles. The SMILES string of the molecule is CCCn1cc(B2OC(C)(C)C(C)(C)O2)c(C)c(C)c1=O. The number of nitrogens with zero attached hydrogens (tertiary/aromatic N) is 1. The minimum absolute atomic E-state index is 0.0783. The molecular weight excluding hydrogens is 265 g/mol. The molecule has 0 aliphatic carbocycles. The van der Waals surface area contributed by atoms with Crippen LogP contribution in [0.4, 0.5) is 0 Å². The maximum absolute atomic E-state index is 12.3. The summed E-state index contributed by atoms with van der Waals surface area (Å²) in [5.41, 5.74) is 2.03. The fourth-order valence-corrected chi connectivity index (χ4v) is 2.53. The number of hydrogen-bond acceptors (Lipinski definition) is 3. The van der Waals surface area contributed by atoms with Crippen molar-refractivity contribution in [2.45, 2.75) is 72.6 Å². The molecule has 1 fully saturated rings. The largest absolute Gasteiger partial charge is 0.496 e. The van der Waals surface area contributed by atoms with Gasteiger partial charge in [0.25, 0.3) is 5.56 Å². The molecule has 116 valence electrons. The van der Waals surface area contributed by atoms with Gasteiger partial charge >= 0.3 is 7.12 Å². The monoisotopic (exact) mass is 291 g/mol. The lowest BCUT2D eigenvalue weighted by Crippen LogP contribution is -2.41. The van der Waals surface area contributed by atoms with Gasteiger partial charge in [0.05, 0.1) is 11.2 Å². The van der Waals surface area contributed by atoms with Gasteiger partial charge in [-0.2, -0.15) is 0 Å². The molecule has 0 bridgehead atoms. The van der Waals surface area contributed by atoms with Gasteiger partial charge in [-0.15, -0.1) is 0 Å². The van der Waals surface area contributed by atoms with Crippen LogP contribution >= 0.6 is 0 Å². The summed E-state index contributed by atoms with van der Waals surface area (Å²) in [5, 5.41) is 0. The summed E-state index contributed by atoms with van der Waals surface area (Å²) < 4.78 is 14.0. The molecule has 0 atom stereocenters. The highest BCUT2D eigenvalue weighted by atomic mass is 16.7. The van der Waals surface area contributed by atoms with Crippen LogP contribution in [0.15, 0.2) is 11.0 Å². The minimum Gasteiger partial charge on any atom is -0.399 e. The highest BCUT2D eigenvalue weighted by molar-refractivity contribution is 6.62. The number of pyridine rings is 1. The molecule has 0 radical (unpaired) electrons. The molecule has 1 aromatic heterocycles. The third-order valence-corrected chi connectivity index (χ3v) is 4.84. The lowest BCUT2D eigenvalue weighted by atomic mass is 9.76. The van der Waals surface area contributed by atoms with Crippen molar-refractivity contribution in [2.75, 3.05) is 0 Å². The Morgan fingerprint density at radius 3 is 2.10 bits per heavy atom. The van der Waals surface area contributed by atoms with E-state index in [0.717, 1.165) is 23.0 Å². The van der Waals surface area contributed by atoms with E-state index in [1.807, 2.05) is 47.7 Å². The van der Waals surface area contributed by atoms with Gasteiger partial charge in [-0.3, -0.25) is 4.79 Å². The summed E-state index contributed by atoms with van der Waals surface area (Å²) in [5.74, 6) is 0. The second-order valence-corrected chi connectivity index (χ2v) is 6.92. The number of hydrogen-bond donors (Lipinski definition) is 0. The van der Waals surface area contributed by atoms with E-state index in [-0.39, 0.29) is 16.8 Å². The molecule has 0 amide bonds. The molecule has 0 spiro atoms. The molecule has 1 saturated heterocycles. The maximum Gasteiger partial charge on any atom is 0.496 e. The van der Waals surface area contributed by atoms with Crippen LogP contribution in [0.5, 0.6) is 0 Å². The molecule has 1 aromatic rings. The Morgan fingerprint density at radius 1 is 1.10 bits per heavy atom. The van der Waals surface area contributed by atoms with E-state index in [9.17, 15) is 4.79 Å². The highest BCUT2D eigenvalue weighted by Gasteiger charge is 2.52. The van der Waals surface area contributed by atoms with Crippen LogP contribution in [0.1, 0.15) is 52.2 Å². The lowest BCUT2D eigenvalue weighted by Gasteiger charge is -2.32. The van der Waals surface area contributed by atoms with E-state index in [0.29, 0.717) is 6.54 Å². The van der Waals surface area contributed by atoms with Gasteiger partial charge in [-0.05, 0) is 53.5 Å². The van der Waals surface area contributed by atoms with E-state index in [1.165, 1.54) is 0 Å². The first kappa shape index (κ1) is 16.3. The summed E-state index contributed by atoms with van der Waals surface area (Å²) in [6, 6.07) is 0. The van der Waals surface area contributed by atoms with Gasteiger partial charge in [0.15, 0.2) is 0 Å². The first-order chi connectivity index (χ1) is 9.60. The van der Waals surface area contributed by atoms with Gasteiger partial charge in [-0.1, -0.05) is 6.92 Å². The van der Waals surface area contributed by atoms with Gasteiger partial charge in [-0.25, -0.2) is 0 Å². The van der Waals surface area contributed by atoms with E-state index in [1.54, 1.807) is 4.57 Å². The fraction of sp³-hybridized carbons (Fsp3) is 0.688. The van der Waals surface area contributed by atoms with Gasteiger partial charge in [0.1, 0.15) is 0 Å². The summed E-state index contributed by atoms with van der Waals surface area (Å²) in [6.45, 7) is 14.8. The zero-order valence-electron chi connectivity index (χ0n) is 14.2. The first-order valence-electron chi connectivity index (χ1n) is 7.67. The van der Waals surface area contributed by atoms with E-state index < -0.39 is 7.12 Å². The minimum atomic E-state index is -0.419. The quantitative estimate of drug-likeness (QED) is 0.801. The molecule has 21 heavy (non-hydrogen) atoms. The van der Waals surface area contributed by atoms with E-state index >= 15 is 0 Å². The second-order valence-electron chi connectivity index (χ2n) is 6.92. The lowest BCUT2D eigenvalue weighted by molar-refractivity contribution is 0.00578. The van der Waals surface area contributed by atoms with Crippen molar-refractivity contribution in [3.8, 4) is 0 Å². The van der Waals surface area contributed by atoms with Gasteiger partial charge < -0.3 is 13.9 Å². The highest BCUT2D eigenvalue weighted by Crippen LogP contribution is 2.36. The van der Waals surface area contributed by atoms with Crippen molar-refractivity contribution < 1.29 is 9.31 Å². The normalized spacial score (nSPS) is 20.0. The van der Waals surface area contributed by atoms with E-state index in [4.69, 9.17) is 9.31 Å². The second kappa shape index (κ2) is 5.29. The predicted octanol–water partition coefficient (Wildman–Crippen LogP) is 2.17. The van der Waals surface area contributed by atoms with E-state index in [2.05, 4.69) is 6.92 Å². The number of aromatic nitrogens is 1. The van der Waals surface area contributed by atoms with Crippen molar-refractivity contribution in [3.63, 3.8) is 0 Å². The zero-order chi connectivity index (χ0) is 16.0. The smallest absolute Gasteiger partial charge is 0.399 e. The number of rotatable bonds is 3. The Balaban J connectivity index is 2.49. The summed E-state index contributed by atoms with van der Waals surface area (Å²) in [7, 11) is -0.419. The Kier molecular flexibility index (Phi) is 4.11. The van der Waals surface area contributed by atoms with Crippen LogP contribution in [0.2, 0.25) is 0 Å². The van der Waals surface area contributed by atoms with Crippen LogP contribution in [0.25, 0.3) is 0 Å². The molecule has 0 unspecified atom stereocenters. The Bertz CT molecular complexity index is 588. The molecule has 1 aliphatic heterocycles. The van der Waals surface area contributed by atoms with Crippen molar-refractivity contribution in [3.05, 3.63) is 27.7 Å². The Hall–Kier alpha value is -1.07. The fourth-order valence-electron chi connectivity index (χ4n) is 2.53. The summed E-state index contributed by atoms with van der Waals surface area (Å²) >= 11 is 0. The molecule has 0 aromatic carbocycles. The van der Waals surface area contributed by atoms with Crippen LogP contribution in [-0.4, -0.2) is 22.9 Å². The van der Waals surface area contributed by atoms with Crippen LogP contribution in [-0.2, 0) is 15.9 Å². The van der Waals surface area contributed by atoms with Crippen molar-refractivity contribution in [1.29, 1.82) is 0 Å². The zero-order valence-corrected chi connectivity index (χ0v) is 14.2. The first-order valence-corrected chi connectivity index (χ1v) is 7.67. The molecule has 4 nitrogen and oxygen atoms in total. The van der Waals surface area contributed by atoms with Crippen LogP contribution in [0.3, 0.4) is 0 Å². The standard InChI is InChI=1S/C16H26BNO3/c1-8-9-18-10-13(11(2)12(3)14(18)19)17-20-15(4,5)16(6,7)21-17/h10H,8-9H2,1-7H3. The van der Waals surface area contributed by atoms with Crippen molar-refractivity contribution in [2.24, 2.45) is 0 Å². The number of aryl methyl sites for hydroxylation is 1. The van der Waals surface area contributed by atoms with Crippen molar-refractivity contribution >= 4 is 12.6 Å². The van der Waals surface area contributed by atoms with Crippen LogP contribution in [0, 0.1) is 13.8 Å². The molecule has 0 N–H and O–H groups in total. The molecular formula is C16H26BNO3.